The molecular weight excluding hydrogens is 242 g/mol. The number of benzene rings is 1. The second-order valence-electron chi connectivity index (χ2n) is 4.86. The molecule has 1 rings (SSSR count). The lowest BCUT2D eigenvalue weighted by Crippen LogP contribution is -2.35. The van der Waals surface area contributed by atoms with E-state index in [0.29, 0.717) is 6.07 Å². The summed E-state index contributed by atoms with van der Waals surface area (Å²) in [4.78, 5) is 11.9. The molecule has 0 N–H and O–H groups in total. The van der Waals surface area contributed by atoms with E-state index in [0.717, 1.165) is 12.1 Å². The van der Waals surface area contributed by atoms with Crippen molar-refractivity contribution >= 4 is 14.1 Å². The Hall–Kier alpha value is -1.07. The van der Waals surface area contributed by atoms with E-state index in [9.17, 15) is 13.6 Å². The van der Waals surface area contributed by atoms with E-state index in [4.69, 9.17) is 4.43 Å². The molecule has 2 nitrogen and oxygen atoms in total. The summed E-state index contributed by atoms with van der Waals surface area (Å²) >= 11 is 0. The van der Waals surface area contributed by atoms with Crippen molar-refractivity contribution in [1.82, 2.24) is 0 Å². The van der Waals surface area contributed by atoms with Gasteiger partial charge in [-0.15, -0.1) is 0 Å². The largest absolute Gasteiger partial charge is 0.408 e. The van der Waals surface area contributed by atoms with Crippen molar-refractivity contribution in [3.8, 4) is 0 Å². The molecule has 0 spiro atoms. The van der Waals surface area contributed by atoms with E-state index < -0.39 is 31.8 Å². The molecule has 0 aliphatic rings. The van der Waals surface area contributed by atoms with Gasteiger partial charge in [-0.05, 0) is 38.7 Å². The van der Waals surface area contributed by atoms with Crippen LogP contribution in [0.2, 0.25) is 19.6 Å². The van der Waals surface area contributed by atoms with Crippen molar-refractivity contribution in [2.45, 2.75) is 32.7 Å². The molecule has 0 unspecified atom stereocenters. The number of hydrogen-bond donors (Lipinski definition) is 0. The van der Waals surface area contributed by atoms with Crippen LogP contribution < -0.4 is 0 Å². The van der Waals surface area contributed by atoms with Crippen molar-refractivity contribution in [3.05, 3.63) is 35.4 Å². The smallest absolute Gasteiger partial charge is 0.192 e. The van der Waals surface area contributed by atoms with Gasteiger partial charge in [0, 0.05) is 6.07 Å². The zero-order chi connectivity index (χ0) is 13.2. The number of rotatable bonds is 4. The van der Waals surface area contributed by atoms with Crippen LogP contribution in [0.5, 0.6) is 0 Å². The number of Topliss-reactive ketones (excluding diaryl/α,β-unsaturated/α-hetero) is 1. The molecule has 0 heterocycles. The number of carbonyl (C=O) groups excluding carboxylic acids is 1. The van der Waals surface area contributed by atoms with Gasteiger partial charge in [-0.25, -0.2) is 8.78 Å². The summed E-state index contributed by atoms with van der Waals surface area (Å²) in [6.45, 7) is 7.41. The molecule has 0 amide bonds. The van der Waals surface area contributed by atoms with E-state index in [1.165, 1.54) is 0 Å². The van der Waals surface area contributed by atoms with Crippen molar-refractivity contribution < 1.29 is 18.0 Å². The van der Waals surface area contributed by atoms with E-state index in [1.54, 1.807) is 6.92 Å². The average molecular weight is 258 g/mol. The highest BCUT2D eigenvalue weighted by Crippen LogP contribution is 2.15. The summed E-state index contributed by atoms with van der Waals surface area (Å²) in [6, 6.07) is 2.92. The highest BCUT2D eigenvalue weighted by molar-refractivity contribution is 6.69. The highest BCUT2D eigenvalue weighted by atomic mass is 28.4. The van der Waals surface area contributed by atoms with Gasteiger partial charge in [0.1, 0.15) is 17.7 Å². The number of carbonyl (C=O) groups is 1. The molecule has 17 heavy (non-hydrogen) atoms. The SMILES string of the molecule is C[C@@H](O[Si](C)(C)C)C(=O)c1ccc(F)cc1F. The topological polar surface area (TPSA) is 26.3 Å². The van der Waals surface area contributed by atoms with Gasteiger partial charge in [0.25, 0.3) is 0 Å². The second-order valence-corrected chi connectivity index (χ2v) is 9.32. The van der Waals surface area contributed by atoms with E-state index in [-0.39, 0.29) is 5.56 Å². The lowest BCUT2D eigenvalue weighted by atomic mass is 10.1. The first-order valence-corrected chi connectivity index (χ1v) is 8.78. The number of ketones is 1. The predicted molar refractivity (Wildman–Crippen MR) is 64.6 cm³/mol. The van der Waals surface area contributed by atoms with Gasteiger partial charge in [-0.3, -0.25) is 4.79 Å². The molecule has 0 aliphatic heterocycles. The first-order valence-electron chi connectivity index (χ1n) is 5.38. The quantitative estimate of drug-likeness (QED) is 0.611. The molecule has 0 bridgehead atoms. The molecule has 0 aromatic heterocycles. The standard InChI is InChI=1S/C12H16F2O2Si/c1-8(16-17(2,3)4)12(15)10-6-5-9(13)7-11(10)14/h5-8H,1-4H3/t8-/m1/s1. The van der Waals surface area contributed by atoms with Gasteiger partial charge in [0.15, 0.2) is 14.1 Å². The maximum atomic E-state index is 13.4. The van der Waals surface area contributed by atoms with Gasteiger partial charge in [0.2, 0.25) is 0 Å². The Labute approximate surface area is 101 Å². The van der Waals surface area contributed by atoms with Gasteiger partial charge < -0.3 is 4.43 Å². The van der Waals surface area contributed by atoms with Crippen LogP contribution in [0.25, 0.3) is 0 Å². The van der Waals surface area contributed by atoms with E-state index in [2.05, 4.69) is 0 Å². The number of halogens is 2. The zero-order valence-electron chi connectivity index (χ0n) is 10.4. The Morgan fingerprint density at radius 2 is 1.88 bits per heavy atom. The minimum atomic E-state index is -1.86. The van der Waals surface area contributed by atoms with Crippen LogP contribution in [-0.4, -0.2) is 20.2 Å². The van der Waals surface area contributed by atoms with Gasteiger partial charge in [-0.1, -0.05) is 0 Å². The lowest BCUT2D eigenvalue weighted by molar-refractivity contribution is 0.0802. The molecule has 0 radical (unpaired) electrons. The highest BCUT2D eigenvalue weighted by Gasteiger charge is 2.25. The average Bonchev–Trinajstić information content (AvgIpc) is 2.14. The molecule has 94 valence electrons. The third-order valence-corrected chi connectivity index (χ3v) is 3.16. The van der Waals surface area contributed by atoms with Crippen LogP contribution in [0, 0.1) is 11.6 Å². The fourth-order valence-electron chi connectivity index (χ4n) is 1.49. The van der Waals surface area contributed by atoms with Crippen LogP contribution in [0.15, 0.2) is 18.2 Å². The number of hydrogen-bond acceptors (Lipinski definition) is 2. The third kappa shape index (κ3) is 4.01. The maximum absolute atomic E-state index is 13.4. The van der Waals surface area contributed by atoms with Crippen molar-refractivity contribution in [1.29, 1.82) is 0 Å². The molecule has 1 aromatic rings. The van der Waals surface area contributed by atoms with Crippen molar-refractivity contribution in [3.63, 3.8) is 0 Å². The van der Waals surface area contributed by atoms with Crippen LogP contribution >= 0.6 is 0 Å². The molecule has 0 fully saturated rings. The van der Waals surface area contributed by atoms with Gasteiger partial charge in [0.05, 0.1) is 5.56 Å². The minimum absolute atomic E-state index is 0.128. The molecular formula is C12H16F2O2Si. The third-order valence-electron chi connectivity index (χ3n) is 2.10. The maximum Gasteiger partial charge on any atom is 0.192 e. The normalized spacial score (nSPS) is 13.5. The van der Waals surface area contributed by atoms with Gasteiger partial charge >= 0.3 is 0 Å². The fourth-order valence-corrected chi connectivity index (χ4v) is 2.66. The monoisotopic (exact) mass is 258 g/mol. The Morgan fingerprint density at radius 3 is 2.35 bits per heavy atom. The van der Waals surface area contributed by atoms with Crippen molar-refractivity contribution in [2.24, 2.45) is 0 Å². The van der Waals surface area contributed by atoms with E-state index >= 15 is 0 Å². The Balaban J connectivity index is 2.89. The fraction of sp³-hybridized carbons (Fsp3) is 0.417. The summed E-state index contributed by atoms with van der Waals surface area (Å²) in [6.07, 6.45) is -0.707. The summed E-state index contributed by atoms with van der Waals surface area (Å²) in [7, 11) is -1.86. The molecule has 0 aliphatic carbocycles. The predicted octanol–water partition coefficient (Wildman–Crippen LogP) is 3.39. The Morgan fingerprint density at radius 1 is 1.29 bits per heavy atom. The summed E-state index contributed by atoms with van der Waals surface area (Å²) in [5.74, 6) is -2.00. The zero-order valence-corrected chi connectivity index (χ0v) is 11.4. The van der Waals surface area contributed by atoms with E-state index in [1.807, 2.05) is 19.6 Å². The molecule has 1 aromatic carbocycles. The first-order chi connectivity index (χ1) is 7.70. The van der Waals surface area contributed by atoms with Crippen LogP contribution in [0.4, 0.5) is 8.78 Å². The van der Waals surface area contributed by atoms with Crippen LogP contribution in [0.3, 0.4) is 0 Å². The molecule has 5 heteroatoms. The Bertz CT molecular complexity index is 427. The molecule has 0 saturated heterocycles. The van der Waals surface area contributed by atoms with Crippen LogP contribution in [0.1, 0.15) is 17.3 Å². The molecule has 0 saturated carbocycles. The minimum Gasteiger partial charge on any atom is -0.408 e. The second kappa shape index (κ2) is 5.06. The van der Waals surface area contributed by atoms with Crippen LogP contribution in [-0.2, 0) is 4.43 Å². The summed E-state index contributed by atoms with van der Waals surface area (Å²) in [5, 5.41) is 0. The summed E-state index contributed by atoms with van der Waals surface area (Å²) in [5.41, 5.74) is -0.128. The summed E-state index contributed by atoms with van der Waals surface area (Å²) < 4.78 is 31.7. The Kier molecular flexibility index (Phi) is 4.16. The van der Waals surface area contributed by atoms with Crippen molar-refractivity contribution in [2.75, 3.05) is 0 Å². The van der Waals surface area contributed by atoms with Gasteiger partial charge in [-0.2, -0.15) is 0 Å². The lowest BCUT2D eigenvalue weighted by Gasteiger charge is -2.22. The molecule has 1 atom stereocenters. The first kappa shape index (κ1) is 14.0.